The third-order valence-electron chi connectivity index (χ3n) is 11.5. The second kappa shape index (κ2) is 15.1. The Morgan fingerprint density at radius 3 is 1.18 bits per heavy atom. The highest BCUT2D eigenvalue weighted by molar-refractivity contribution is 6.16. The average molecular weight is 767 g/mol. The molecule has 0 aliphatic carbocycles. The monoisotopic (exact) mass is 766 g/mol. The second-order valence-corrected chi connectivity index (χ2v) is 15.2. The van der Waals surface area contributed by atoms with Gasteiger partial charge in [0.2, 0.25) is 5.89 Å². The summed E-state index contributed by atoms with van der Waals surface area (Å²) < 4.78 is 6.38. The van der Waals surface area contributed by atoms with Gasteiger partial charge in [-0.1, -0.05) is 164 Å². The van der Waals surface area contributed by atoms with Gasteiger partial charge in [0, 0.05) is 28.0 Å². The molecule has 10 aromatic carbocycles. The lowest BCUT2D eigenvalue weighted by Crippen LogP contribution is -2.09. The molecular formula is C57H38N2O. The fourth-order valence-corrected chi connectivity index (χ4v) is 8.38. The molecule has 0 fully saturated rings. The van der Waals surface area contributed by atoms with E-state index < -0.39 is 0 Å². The zero-order valence-electron chi connectivity index (χ0n) is 32.7. The molecule has 0 saturated carbocycles. The van der Waals surface area contributed by atoms with Gasteiger partial charge in [-0.05, 0) is 127 Å². The van der Waals surface area contributed by atoms with Crippen molar-refractivity contribution in [3.8, 4) is 56.0 Å². The molecule has 0 radical (unpaired) electrons. The quantitative estimate of drug-likeness (QED) is 0.144. The number of nitrogens with zero attached hydrogens (tertiary/aromatic N) is 2. The Morgan fingerprint density at radius 2 is 0.683 bits per heavy atom. The molecule has 0 atom stereocenters. The van der Waals surface area contributed by atoms with Crippen molar-refractivity contribution in [2.24, 2.45) is 0 Å². The first kappa shape index (κ1) is 35.2. The maximum Gasteiger partial charge on any atom is 0.227 e. The molecule has 0 spiro atoms. The van der Waals surface area contributed by atoms with Crippen molar-refractivity contribution in [3.63, 3.8) is 0 Å². The SMILES string of the molecule is c1ccc(-c2ccc(N(c3ccc(-c4ccccc4)cc3)c3ccc(-c4ccc(-c5ccc6ccc7c(ccc8nc(-c9ccccc9)oc87)c6c5)cc4)cc3)cc2)cc1. The van der Waals surface area contributed by atoms with Crippen LogP contribution in [0.15, 0.2) is 235 Å². The summed E-state index contributed by atoms with van der Waals surface area (Å²) in [6.45, 7) is 0. The summed E-state index contributed by atoms with van der Waals surface area (Å²) in [5.41, 5.74) is 15.4. The molecule has 0 aliphatic heterocycles. The van der Waals surface area contributed by atoms with Crippen molar-refractivity contribution in [1.82, 2.24) is 4.98 Å². The molecule has 0 aliphatic rings. The van der Waals surface area contributed by atoms with Crippen molar-refractivity contribution >= 4 is 49.7 Å². The van der Waals surface area contributed by atoms with E-state index in [0.717, 1.165) is 44.5 Å². The topological polar surface area (TPSA) is 29.3 Å². The van der Waals surface area contributed by atoms with Gasteiger partial charge in [-0.15, -0.1) is 0 Å². The summed E-state index contributed by atoms with van der Waals surface area (Å²) in [6, 6.07) is 82.0. The molecular weight excluding hydrogens is 729 g/mol. The fourth-order valence-electron chi connectivity index (χ4n) is 8.38. The van der Waals surface area contributed by atoms with E-state index in [9.17, 15) is 0 Å². The fraction of sp³-hybridized carbons (Fsp3) is 0. The zero-order chi connectivity index (χ0) is 39.8. The number of rotatable bonds is 8. The van der Waals surface area contributed by atoms with Gasteiger partial charge in [0.15, 0.2) is 5.58 Å². The van der Waals surface area contributed by atoms with Crippen LogP contribution < -0.4 is 4.90 Å². The lowest BCUT2D eigenvalue weighted by molar-refractivity contribution is 0.623. The van der Waals surface area contributed by atoms with Gasteiger partial charge in [-0.2, -0.15) is 0 Å². The van der Waals surface area contributed by atoms with Crippen LogP contribution >= 0.6 is 0 Å². The Kier molecular flexibility index (Phi) is 8.83. The number of anilines is 3. The largest absolute Gasteiger partial charge is 0.435 e. The molecule has 0 unspecified atom stereocenters. The molecule has 0 N–H and O–H groups in total. The molecule has 3 heteroatoms. The van der Waals surface area contributed by atoms with Crippen LogP contribution in [-0.2, 0) is 0 Å². The van der Waals surface area contributed by atoms with E-state index in [1.165, 1.54) is 55.3 Å². The predicted molar refractivity (Wildman–Crippen MR) is 251 cm³/mol. The summed E-state index contributed by atoms with van der Waals surface area (Å²) in [4.78, 5) is 7.14. The van der Waals surface area contributed by atoms with E-state index in [0.29, 0.717) is 5.89 Å². The van der Waals surface area contributed by atoms with E-state index in [1.54, 1.807) is 0 Å². The molecule has 11 aromatic rings. The van der Waals surface area contributed by atoms with E-state index >= 15 is 0 Å². The maximum absolute atomic E-state index is 6.38. The first-order chi connectivity index (χ1) is 29.7. The Hall–Kier alpha value is -8.01. The molecule has 0 bridgehead atoms. The Bertz CT molecular complexity index is 3160. The van der Waals surface area contributed by atoms with Gasteiger partial charge in [-0.3, -0.25) is 0 Å². The van der Waals surface area contributed by atoms with Gasteiger partial charge in [-0.25, -0.2) is 4.98 Å². The van der Waals surface area contributed by atoms with Gasteiger partial charge in [0.05, 0.1) is 0 Å². The van der Waals surface area contributed by atoms with Gasteiger partial charge in [0.1, 0.15) is 5.52 Å². The minimum atomic E-state index is 0.640. The number of aromatic nitrogens is 1. The Labute approximate surface area is 349 Å². The number of benzene rings is 10. The maximum atomic E-state index is 6.38. The van der Waals surface area contributed by atoms with Crippen LogP contribution in [0.5, 0.6) is 0 Å². The van der Waals surface area contributed by atoms with Crippen LogP contribution in [0.3, 0.4) is 0 Å². The molecule has 60 heavy (non-hydrogen) atoms. The molecule has 11 rings (SSSR count). The third kappa shape index (κ3) is 6.58. The van der Waals surface area contributed by atoms with E-state index in [-0.39, 0.29) is 0 Å². The molecule has 0 amide bonds. The lowest BCUT2D eigenvalue weighted by atomic mass is 9.95. The second-order valence-electron chi connectivity index (χ2n) is 15.2. The Morgan fingerprint density at radius 1 is 0.300 bits per heavy atom. The van der Waals surface area contributed by atoms with Crippen LogP contribution in [0.4, 0.5) is 17.1 Å². The molecule has 0 saturated heterocycles. The summed E-state index contributed by atoms with van der Waals surface area (Å²) in [5.74, 6) is 0.640. The number of fused-ring (bicyclic) bond motifs is 5. The minimum absolute atomic E-state index is 0.640. The Balaban J connectivity index is 0.893. The van der Waals surface area contributed by atoms with Gasteiger partial charge >= 0.3 is 0 Å². The molecule has 282 valence electrons. The third-order valence-corrected chi connectivity index (χ3v) is 11.5. The highest BCUT2D eigenvalue weighted by atomic mass is 16.3. The number of oxazole rings is 1. The summed E-state index contributed by atoms with van der Waals surface area (Å²) in [7, 11) is 0. The lowest BCUT2D eigenvalue weighted by Gasteiger charge is -2.26. The van der Waals surface area contributed by atoms with Crippen LogP contribution in [0, 0.1) is 0 Å². The normalized spacial score (nSPS) is 11.3. The van der Waals surface area contributed by atoms with Crippen molar-refractivity contribution in [1.29, 1.82) is 0 Å². The highest BCUT2D eigenvalue weighted by Crippen LogP contribution is 2.39. The van der Waals surface area contributed by atoms with E-state index in [1.807, 2.05) is 30.3 Å². The standard InChI is InChI=1S/C57H38N2O/c1-4-10-39(11-5-1)42-22-29-49(30-23-42)59(50-31-24-43(25-32-50)40-12-6-2-7-13-40)51-33-26-44(27-34-51)41-16-18-45(19-17-41)48-21-20-46-28-35-53-52(54(46)38-48)36-37-55-56(53)60-57(58-55)47-14-8-3-9-15-47/h1-38H. The summed E-state index contributed by atoms with van der Waals surface area (Å²) >= 11 is 0. The number of hydrogen-bond acceptors (Lipinski definition) is 3. The first-order valence-electron chi connectivity index (χ1n) is 20.4. The molecule has 1 heterocycles. The number of hydrogen-bond donors (Lipinski definition) is 0. The van der Waals surface area contributed by atoms with E-state index in [4.69, 9.17) is 9.40 Å². The van der Waals surface area contributed by atoms with Crippen molar-refractivity contribution in [2.45, 2.75) is 0 Å². The predicted octanol–water partition coefficient (Wildman–Crippen LogP) is 15.9. The van der Waals surface area contributed by atoms with Crippen molar-refractivity contribution < 1.29 is 4.42 Å². The average Bonchev–Trinajstić information content (AvgIpc) is 3.78. The van der Waals surface area contributed by atoms with E-state index in [2.05, 4.69) is 205 Å². The van der Waals surface area contributed by atoms with Crippen LogP contribution in [0.25, 0.3) is 88.6 Å². The van der Waals surface area contributed by atoms with Gasteiger partial charge in [0.25, 0.3) is 0 Å². The first-order valence-corrected chi connectivity index (χ1v) is 20.4. The zero-order valence-corrected chi connectivity index (χ0v) is 32.7. The highest BCUT2D eigenvalue weighted by Gasteiger charge is 2.16. The van der Waals surface area contributed by atoms with Crippen molar-refractivity contribution in [3.05, 3.63) is 231 Å². The molecule has 3 nitrogen and oxygen atoms in total. The minimum Gasteiger partial charge on any atom is -0.435 e. The van der Waals surface area contributed by atoms with Crippen molar-refractivity contribution in [2.75, 3.05) is 4.90 Å². The summed E-state index contributed by atoms with van der Waals surface area (Å²) in [5, 5.41) is 4.61. The molecule has 1 aromatic heterocycles. The van der Waals surface area contributed by atoms with Crippen LogP contribution in [0.1, 0.15) is 0 Å². The smallest absolute Gasteiger partial charge is 0.227 e. The van der Waals surface area contributed by atoms with Crippen LogP contribution in [-0.4, -0.2) is 4.98 Å². The van der Waals surface area contributed by atoms with Crippen LogP contribution in [0.2, 0.25) is 0 Å². The van der Waals surface area contributed by atoms with Gasteiger partial charge < -0.3 is 9.32 Å². The summed E-state index contributed by atoms with van der Waals surface area (Å²) in [6.07, 6.45) is 0.